The molecule has 0 N–H and O–H groups in total. The minimum absolute atomic E-state index is 0.0696. The molecule has 0 aliphatic rings. The molecular formula is C30H33ClN2O3S. The molecule has 0 fully saturated rings. The zero-order chi connectivity index (χ0) is 27.0. The third-order valence-corrected chi connectivity index (χ3v) is 6.90. The summed E-state index contributed by atoms with van der Waals surface area (Å²) in [6.45, 7) is 13.5. The molecule has 3 rings (SSSR count). The van der Waals surface area contributed by atoms with Crippen molar-refractivity contribution in [2.75, 3.05) is 11.4 Å². The number of rotatable bonds is 11. The van der Waals surface area contributed by atoms with E-state index in [1.807, 2.05) is 74.7 Å². The molecule has 0 aliphatic heterocycles. The fraction of sp³-hybridized carbons (Fsp3) is 0.300. The standard InChI is InChI=1S/C30H33ClN2O3S/c1-6-13-22(21-14-9-8-10-15-21)24(19-27(34)36-30(3,4)5)28(35)33(18-7-2)29-32-26(20-37-29)23-16-11-12-17-25(23)31/h6-12,14-17,20,22,24H,1-2,13,18-19H2,3-5H3. The highest BCUT2D eigenvalue weighted by Crippen LogP contribution is 2.37. The Morgan fingerprint density at radius 3 is 2.38 bits per heavy atom. The Morgan fingerprint density at radius 2 is 1.76 bits per heavy atom. The van der Waals surface area contributed by atoms with Crippen LogP contribution in [0.15, 0.2) is 85.3 Å². The number of aromatic nitrogens is 1. The molecule has 37 heavy (non-hydrogen) atoms. The van der Waals surface area contributed by atoms with Crippen molar-refractivity contribution in [1.82, 2.24) is 4.98 Å². The minimum Gasteiger partial charge on any atom is -0.460 e. The second-order valence-corrected chi connectivity index (χ2v) is 10.9. The average Bonchev–Trinajstić information content (AvgIpc) is 3.33. The first kappa shape index (κ1) is 28.4. The summed E-state index contributed by atoms with van der Waals surface area (Å²) in [6.07, 6.45) is 3.89. The van der Waals surface area contributed by atoms with Gasteiger partial charge in [0.05, 0.1) is 18.0 Å². The maximum Gasteiger partial charge on any atom is 0.307 e. The second kappa shape index (κ2) is 12.8. The molecule has 5 nitrogen and oxygen atoms in total. The van der Waals surface area contributed by atoms with Crippen LogP contribution in [0.4, 0.5) is 5.13 Å². The van der Waals surface area contributed by atoms with Gasteiger partial charge in [-0.2, -0.15) is 0 Å². The van der Waals surface area contributed by atoms with Crippen molar-refractivity contribution in [3.8, 4) is 11.3 Å². The fourth-order valence-electron chi connectivity index (χ4n) is 4.15. The Morgan fingerprint density at radius 1 is 1.08 bits per heavy atom. The summed E-state index contributed by atoms with van der Waals surface area (Å²) in [5.41, 5.74) is 1.77. The summed E-state index contributed by atoms with van der Waals surface area (Å²) >= 11 is 7.73. The molecule has 2 unspecified atom stereocenters. The van der Waals surface area contributed by atoms with E-state index in [1.165, 1.54) is 11.3 Å². The Hall–Kier alpha value is -3.22. The number of thiazole rings is 1. The zero-order valence-electron chi connectivity index (χ0n) is 21.5. The Labute approximate surface area is 228 Å². The van der Waals surface area contributed by atoms with Crippen molar-refractivity contribution in [1.29, 1.82) is 0 Å². The molecule has 2 atom stereocenters. The van der Waals surface area contributed by atoms with Crippen molar-refractivity contribution in [3.63, 3.8) is 0 Å². The maximum absolute atomic E-state index is 14.2. The molecule has 0 saturated heterocycles. The van der Waals surface area contributed by atoms with Gasteiger partial charge in [-0.05, 0) is 44.7 Å². The molecule has 1 aromatic heterocycles. The molecule has 0 spiro atoms. The van der Waals surface area contributed by atoms with Crippen molar-refractivity contribution in [2.45, 2.75) is 45.1 Å². The Balaban J connectivity index is 2.02. The van der Waals surface area contributed by atoms with Crippen molar-refractivity contribution < 1.29 is 14.3 Å². The normalized spacial score (nSPS) is 12.9. The topological polar surface area (TPSA) is 59.5 Å². The summed E-state index contributed by atoms with van der Waals surface area (Å²) in [7, 11) is 0. The van der Waals surface area contributed by atoms with E-state index in [9.17, 15) is 9.59 Å². The van der Waals surface area contributed by atoms with Crippen LogP contribution in [0.5, 0.6) is 0 Å². The number of hydrogen-bond acceptors (Lipinski definition) is 5. The van der Waals surface area contributed by atoms with Crippen LogP contribution in [0.2, 0.25) is 5.02 Å². The molecule has 3 aromatic rings. The number of allylic oxidation sites excluding steroid dienone is 1. The van der Waals surface area contributed by atoms with E-state index in [0.29, 0.717) is 22.3 Å². The predicted molar refractivity (Wildman–Crippen MR) is 153 cm³/mol. The van der Waals surface area contributed by atoms with Gasteiger partial charge in [0.2, 0.25) is 5.91 Å². The lowest BCUT2D eigenvalue weighted by molar-refractivity contribution is -0.157. The Bertz CT molecular complexity index is 1230. The van der Waals surface area contributed by atoms with E-state index in [-0.39, 0.29) is 24.8 Å². The van der Waals surface area contributed by atoms with Crippen molar-refractivity contribution in [2.24, 2.45) is 5.92 Å². The van der Waals surface area contributed by atoms with Crippen LogP contribution in [0.3, 0.4) is 0 Å². The monoisotopic (exact) mass is 536 g/mol. The largest absolute Gasteiger partial charge is 0.460 e. The summed E-state index contributed by atoms with van der Waals surface area (Å²) < 4.78 is 5.62. The van der Waals surface area contributed by atoms with Gasteiger partial charge >= 0.3 is 5.97 Å². The van der Waals surface area contributed by atoms with Crippen molar-refractivity contribution >= 4 is 39.9 Å². The number of halogens is 1. The number of carbonyl (C=O) groups is 2. The van der Waals surface area contributed by atoms with E-state index < -0.39 is 17.5 Å². The van der Waals surface area contributed by atoms with E-state index in [2.05, 4.69) is 13.2 Å². The Kier molecular flexibility index (Phi) is 9.84. The molecule has 0 bridgehead atoms. The van der Waals surface area contributed by atoms with Gasteiger partial charge in [0.25, 0.3) is 0 Å². The minimum atomic E-state index is -0.692. The van der Waals surface area contributed by atoms with E-state index in [4.69, 9.17) is 21.3 Å². The van der Waals surface area contributed by atoms with Crippen LogP contribution in [0.1, 0.15) is 45.1 Å². The molecular weight excluding hydrogens is 504 g/mol. The summed E-state index contributed by atoms with van der Waals surface area (Å²) in [5.74, 6) is -1.61. The van der Waals surface area contributed by atoms with Gasteiger partial charge in [0.15, 0.2) is 5.13 Å². The highest BCUT2D eigenvalue weighted by molar-refractivity contribution is 7.14. The van der Waals surface area contributed by atoms with Crippen LogP contribution < -0.4 is 4.90 Å². The van der Waals surface area contributed by atoms with E-state index in [1.54, 1.807) is 23.1 Å². The third kappa shape index (κ3) is 7.63. The zero-order valence-corrected chi connectivity index (χ0v) is 23.1. The predicted octanol–water partition coefficient (Wildman–Crippen LogP) is 7.69. The number of carbonyl (C=O) groups excluding carboxylic acids is 2. The van der Waals surface area contributed by atoms with Crippen LogP contribution in [-0.2, 0) is 14.3 Å². The average molecular weight is 537 g/mol. The number of esters is 1. The number of hydrogen-bond donors (Lipinski definition) is 0. The quantitative estimate of drug-likeness (QED) is 0.186. The lowest BCUT2D eigenvalue weighted by Gasteiger charge is -2.31. The highest BCUT2D eigenvalue weighted by atomic mass is 35.5. The van der Waals surface area contributed by atoms with Gasteiger partial charge in [-0.1, -0.05) is 72.3 Å². The fourth-order valence-corrected chi connectivity index (χ4v) is 5.22. The molecule has 0 saturated carbocycles. The first-order chi connectivity index (χ1) is 17.6. The smallest absolute Gasteiger partial charge is 0.307 e. The number of ether oxygens (including phenoxy) is 1. The van der Waals surface area contributed by atoms with E-state index in [0.717, 1.165) is 11.1 Å². The maximum atomic E-state index is 14.2. The molecule has 7 heteroatoms. The molecule has 1 heterocycles. The van der Waals surface area contributed by atoms with Gasteiger partial charge in [0, 0.05) is 22.5 Å². The van der Waals surface area contributed by atoms with Gasteiger partial charge in [-0.25, -0.2) is 4.98 Å². The summed E-state index contributed by atoms with van der Waals surface area (Å²) in [6, 6.07) is 17.2. The molecule has 1 amide bonds. The molecule has 194 valence electrons. The van der Waals surface area contributed by atoms with Gasteiger partial charge in [0.1, 0.15) is 5.60 Å². The summed E-state index contributed by atoms with van der Waals surface area (Å²) in [4.78, 5) is 33.5. The highest BCUT2D eigenvalue weighted by Gasteiger charge is 2.36. The summed E-state index contributed by atoms with van der Waals surface area (Å²) in [5, 5.41) is 2.97. The number of nitrogens with zero attached hydrogens (tertiary/aromatic N) is 2. The van der Waals surface area contributed by atoms with Gasteiger partial charge < -0.3 is 4.74 Å². The second-order valence-electron chi connectivity index (χ2n) is 9.67. The number of benzene rings is 2. The van der Waals surface area contributed by atoms with Crippen molar-refractivity contribution in [3.05, 3.63) is 95.9 Å². The number of amides is 1. The van der Waals surface area contributed by atoms with Crippen LogP contribution >= 0.6 is 22.9 Å². The SMILES string of the molecule is C=CCC(c1ccccc1)C(CC(=O)OC(C)(C)C)C(=O)N(CC=C)c1nc(-c2ccccc2Cl)cs1. The first-order valence-electron chi connectivity index (χ1n) is 12.1. The lowest BCUT2D eigenvalue weighted by atomic mass is 9.80. The lowest BCUT2D eigenvalue weighted by Crippen LogP contribution is -2.40. The van der Waals surface area contributed by atoms with Crippen LogP contribution in [0, 0.1) is 5.92 Å². The molecule has 0 aliphatic carbocycles. The van der Waals surface area contributed by atoms with Crippen LogP contribution in [0.25, 0.3) is 11.3 Å². The number of anilines is 1. The van der Waals surface area contributed by atoms with E-state index >= 15 is 0 Å². The third-order valence-electron chi connectivity index (χ3n) is 5.71. The van der Waals surface area contributed by atoms with Crippen LogP contribution in [-0.4, -0.2) is 29.0 Å². The van der Waals surface area contributed by atoms with Gasteiger partial charge in [-0.3, -0.25) is 14.5 Å². The molecule has 2 aromatic carbocycles. The van der Waals surface area contributed by atoms with Gasteiger partial charge in [-0.15, -0.1) is 24.5 Å². The molecule has 0 radical (unpaired) electrons. The first-order valence-corrected chi connectivity index (χ1v) is 13.4.